The van der Waals surface area contributed by atoms with Gasteiger partial charge in [-0.2, -0.15) is 5.26 Å². The van der Waals surface area contributed by atoms with E-state index in [1.807, 2.05) is 59.8 Å². The van der Waals surface area contributed by atoms with Crippen LogP contribution in [0.2, 0.25) is 0 Å². The molecule has 1 N–H and O–H groups in total. The number of anilines is 3. The van der Waals surface area contributed by atoms with Crippen LogP contribution in [-0.4, -0.2) is 42.6 Å². The smallest absolute Gasteiger partial charge is 0.226 e. The molecule has 1 unspecified atom stereocenters. The maximum absolute atomic E-state index is 9.22. The Morgan fingerprint density at radius 3 is 2.83 bits per heavy atom. The molecule has 178 valence electrons. The lowest BCUT2D eigenvalue weighted by Gasteiger charge is -2.16. The van der Waals surface area contributed by atoms with Gasteiger partial charge in [0.15, 0.2) is 5.82 Å². The van der Waals surface area contributed by atoms with Gasteiger partial charge >= 0.3 is 0 Å². The number of imidazole rings is 1. The minimum absolute atomic E-state index is 0.00324. The number of nitriles is 1. The molecule has 1 saturated heterocycles. The summed E-state index contributed by atoms with van der Waals surface area (Å²) in [6, 6.07) is 14.1. The molecule has 0 spiro atoms. The molecule has 6 rings (SSSR count). The molecule has 0 aliphatic carbocycles. The number of nitrogens with one attached hydrogen (secondary N) is 1. The van der Waals surface area contributed by atoms with Gasteiger partial charge in [0.25, 0.3) is 0 Å². The van der Waals surface area contributed by atoms with E-state index in [1.54, 1.807) is 12.5 Å². The van der Waals surface area contributed by atoms with Gasteiger partial charge in [0.2, 0.25) is 5.95 Å². The lowest BCUT2D eigenvalue weighted by Crippen LogP contribution is -2.22. The Morgan fingerprint density at radius 1 is 1.08 bits per heavy atom. The second-order valence-corrected chi connectivity index (χ2v) is 8.90. The fourth-order valence-corrected chi connectivity index (χ4v) is 4.42. The van der Waals surface area contributed by atoms with Gasteiger partial charge in [-0.05, 0) is 49.2 Å². The highest BCUT2D eigenvalue weighted by Crippen LogP contribution is 2.31. The Morgan fingerprint density at radius 2 is 2.00 bits per heavy atom. The van der Waals surface area contributed by atoms with Gasteiger partial charge in [0.1, 0.15) is 28.9 Å². The number of ether oxygens (including phenoxy) is 1. The number of fused-ring (bicyclic) bond motifs is 2. The number of rotatable bonds is 5. The van der Waals surface area contributed by atoms with Gasteiger partial charge < -0.3 is 19.5 Å². The van der Waals surface area contributed by atoms with Crippen LogP contribution in [0, 0.1) is 24.2 Å². The van der Waals surface area contributed by atoms with Crippen molar-refractivity contribution in [1.82, 2.24) is 29.5 Å². The molecule has 1 atom stereocenters. The van der Waals surface area contributed by atoms with Crippen molar-refractivity contribution in [2.45, 2.75) is 13.3 Å². The van der Waals surface area contributed by atoms with Crippen molar-refractivity contribution in [2.24, 2.45) is 13.0 Å². The standard InChI is InChI=1S/C26H23N9O/c1-16-9-18(3-6-23(16)36-19-4-5-22-20(10-19)31-15-34(22)2)32-25-24-21(29-14-30-25)12-28-26(33-24)35-8-7-17(11-27)13-35/h3-6,9-10,12,14-15,17H,7-8,13H2,1-2H3,(H,29,30,32). The molecule has 36 heavy (non-hydrogen) atoms. The zero-order valence-electron chi connectivity index (χ0n) is 19.9. The first-order valence-electron chi connectivity index (χ1n) is 11.7. The first kappa shape index (κ1) is 21.7. The Kier molecular flexibility index (Phi) is 5.30. The van der Waals surface area contributed by atoms with Gasteiger partial charge in [-0.3, -0.25) is 0 Å². The molecule has 1 aliphatic heterocycles. The number of hydrogen-bond donors (Lipinski definition) is 1. The van der Waals surface area contributed by atoms with Crippen molar-refractivity contribution in [3.8, 4) is 17.6 Å². The Bertz CT molecular complexity index is 1640. The average Bonchev–Trinajstić information content (AvgIpc) is 3.52. The predicted molar refractivity (Wildman–Crippen MR) is 136 cm³/mol. The molecule has 0 amide bonds. The molecule has 5 aromatic rings. The van der Waals surface area contributed by atoms with Crippen LogP contribution in [0.15, 0.2) is 55.2 Å². The van der Waals surface area contributed by atoms with Gasteiger partial charge in [0, 0.05) is 31.9 Å². The van der Waals surface area contributed by atoms with E-state index in [4.69, 9.17) is 9.72 Å². The van der Waals surface area contributed by atoms with Crippen LogP contribution in [0.4, 0.5) is 17.5 Å². The van der Waals surface area contributed by atoms with Crippen molar-refractivity contribution < 1.29 is 4.74 Å². The highest BCUT2D eigenvalue weighted by atomic mass is 16.5. The minimum Gasteiger partial charge on any atom is -0.457 e. The molecular weight excluding hydrogens is 454 g/mol. The van der Waals surface area contributed by atoms with E-state index in [-0.39, 0.29) is 5.92 Å². The van der Waals surface area contributed by atoms with Gasteiger partial charge in [-0.15, -0.1) is 0 Å². The second-order valence-electron chi connectivity index (χ2n) is 8.90. The summed E-state index contributed by atoms with van der Waals surface area (Å²) in [6.07, 6.45) is 5.80. The first-order valence-corrected chi connectivity index (χ1v) is 11.7. The number of nitrogens with zero attached hydrogens (tertiary/aromatic N) is 8. The molecule has 0 bridgehead atoms. The van der Waals surface area contributed by atoms with Gasteiger partial charge in [-0.25, -0.2) is 24.9 Å². The molecule has 10 nitrogen and oxygen atoms in total. The van der Waals surface area contributed by atoms with Crippen molar-refractivity contribution in [2.75, 3.05) is 23.3 Å². The third kappa shape index (κ3) is 4.01. The average molecular weight is 478 g/mol. The van der Waals surface area contributed by atoms with Crippen molar-refractivity contribution in [1.29, 1.82) is 5.26 Å². The molecule has 4 heterocycles. The van der Waals surface area contributed by atoms with Crippen molar-refractivity contribution in [3.63, 3.8) is 0 Å². The summed E-state index contributed by atoms with van der Waals surface area (Å²) in [5.41, 5.74) is 5.04. The quantitative estimate of drug-likeness (QED) is 0.390. The van der Waals surface area contributed by atoms with Crippen LogP contribution in [0.25, 0.3) is 22.1 Å². The molecule has 0 radical (unpaired) electrons. The summed E-state index contributed by atoms with van der Waals surface area (Å²) in [6.45, 7) is 3.39. The van der Waals surface area contributed by atoms with E-state index in [9.17, 15) is 5.26 Å². The van der Waals surface area contributed by atoms with Crippen LogP contribution in [0.3, 0.4) is 0 Å². The van der Waals surface area contributed by atoms with Crippen LogP contribution in [0.1, 0.15) is 12.0 Å². The van der Waals surface area contributed by atoms with Crippen LogP contribution >= 0.6 is 0 Å². The first-order chi connectivity index (χ1) is 17.6. The van der Waals surface area contributed by atoms with E-state index in [2.05, 4.69) is 31.3 Å². The predicted octanol–water partition coefficient (Wildman–Crippen LogP) is 4.50. The molecule has 1 fully saturated rings. The minimum atomic E-state index is 0.00324. The summed E-state index contributed by atoms with van der Waals surface area (Å²) in [5.74, 6) is 2.67. The van der Waals surface area contributed by atoms with E-state index in [1.165, 1.54) is 6.33 Å². The Balaban J connectivity index is 1.24. The highest BCUT2D eigenvalue weighted by Gasteiger charge is 2.24. The lowest BCUT2D eigenvalue weighted by atomic mass is 10.1. The summed E-state index contributed by atoms with van der Waals surface area (Å²) >= 11 is 0. The molecule has 3 aromatic heterocycles. The lowest BCUT2D eigenvalue weighted by molar-refractivity contribution is 0.479. The third-order valence-electron chi connectivity index (χ3n) is 6.38. The van der Waals surface area contributed by atoms with E-state index >= 15 is 0 Å². The molecule has 2 aromatic carbocycles. The Hall–Kier alpha value is -4.78. The molecule has 0 saturated carbocycles. The van der Waals surface area contributed by atoms with Gasteiger partial charge in [0.05, 0.1) is 35.5 Å². The van der Waals surface area contributed by atoms with E-state index in [0.717, 1.165) is 46.7 Å². The highest BCUT2D eigenvalue weighted by molar-refractivity contribution is 5.87. The maximum Gasteiger partial charge on any atom is 0.226 e. The summed E-state index contributed by atoms with van der Waals surface area (Å²) in [5, 5.41) is 12.6. The zero-order valence-corrected chi connectivity index (χ0v) is 19.9. The number of aromatic nitrogens is 6. The normalized spacial score (nSPS) is 15.4. The topological polar surface area (TPSA) is 118 Å². The van der Waals surface area contributed by atoms with E-state index in [0.29, 0.717) is 29.3 Å². The molecular formula is C26H23N9O. The van der Waals surface area contributed by atoms with Crippen LogP contribution in [0.5, 0.6) is 11.5 Å². The fourth-order valence-electron chi connectivity index (χ4n) is 4.42. The largest absolute Gasteiger partial charge is 0.457 e. The Labute approximate surface area is 207 Å². The summed E-state index contributed by atoms with van der Waals surface area (Å²) in [7, 11) is 1.97. The maximum atomic E-state index is 9.22. The zero-order chi connectivity index (χ0) is 24.6. The monoisotopic (exact) mass is 477 g/mol. The van der Waals surface area contributed by atoms with Crippen LogP contribution in [-0.2, 0) is 7.05 Å². The third-order valence-corrected chi connectivity index (χ3v) is 6.38. The van der Waals surface area contributed by atoms with E-state index < -0.39 is 0 Å². The number of hydrogen-bond acceptors (Lipinski definition) is 9. The van der Waals surface area contributed by atoms with Gasteiger partial charge in [-0.1, -0.05) is 0 Å². The number of benzene rings is 2. The molecule has 1 aliphatic rings. The van der Waals surface area contributed by atoms with Crippen molar-refractivity contribution in [3.05, 3.63) is 60.8 Å². The SMILES string of the molecule is Cc1cc(Nc2ncnc3cnc(N4CCC(C#N)C4)nc23)ccc1Oc1ccc2c(c1)ncn2C. The van der Waals surface area contributed by atoms with Crippen LogP contribution < -0.4 is 15.0 Å². The fraction of sp³-hybridized carbons (Fsp3) is 0.231. The molecule has 10 heteroatoms. The summed E-state index contributed by atoms with van der Waals surface area (Å²) < 4.78 is 8.12. The summed E-state index contributed by atoms with van der Waals surface area (Å²) in [4.78, 5) is 24.4. The number of aryl methyl sites for hydroxylation is 2. The second kappa shape index (κ2) is 8.78. The van der Waals surface area contributed by atoms with Crippen molar-refractivity contribution >= 4 is 39.5 Å².